The van der Waals surface area contributed by atoms with Crippen molar-refractivity contribution < 1.29 is 9.53 Å². The summed E-state index contributed by atoms with van der Waals surface area (Å²) in [5.41, 5.74) is 2.66. The van der Waals surface area contributed by atoms with E-state index in [-0.39, 0.29) is 11.9 Å². The molecule has 0 aromatic heterocycles. The van der Waals surface area contributed by atoms with E-state index in [0.29, 0.717) is 12.0 Å². The summed E-state index contributed by atoms with van der Waals surface area (Å²) in [5.74, 6) is 0.678. The third-order valence-electron chi connectivity index (χ3n) is 3.55. The number of rotatable bonds is 6. The van der Waals surface area contributed by atoms with E-state index < -0.39 is 0 Å². The maximum Gasteiger partial charge on any atom is 0.251 e. The Hall–Kier alpha value is -2.55. The number of amides is 1. The molecular weight excluding hydrogens is 274 g/mol. The molecule has 1 amide bonds. The molecule has 3 heteroatoms. The van der Waals surface area contributed by atoms with Gasteiger partial charge >= 0.3 is 0 Å². The van der Waals surface area contributed by atoms with Gasteiger partial charge in [0.25, 0.3) is 5.91 Å². The molecule has 2 aromatic rings. The molecule has 0 heterocycles. The highest BCUT2D eigenvalue weighted by atomic mass is 16.5. The van der Waals surface area contributed by atoms with Gasteiger partial charge in [-0.05, 0) is 42.7 Å². The van der Waals surface area contributed by atoms with Gasteiger partial charge in [0, 0.05) is 5.56 Å². The van der Waals surface area contributed by atoms with Crippen LogP contribution in [0.15, 0.2) is 61.2 Å². The third-order valence-corrected chi connectivity index (χ3v) is 3.55. The first-order valence-corrected chi connectivity index (χ1v) is 7.29. The molecular formula is C19H21NO2. The lowest BCUT2D eigenvalue weighted by molar-refractivity contribution is 0.0939. The number of ether oxygens (including phenoxy) is 1. The van der Waals surface area contributed by atoms with Gasteiger partial charge in [-0.25, -0.2) is 0 Å². The maximum atomic E-state index is 12.4. The lowest BCUT2D eigenvalue weighted by atomic mass is 10.0. The normalized spacial score (nSPS) is 11.5. The van der Waals surface area contributed by atoms with Crippen molar-refractivity contribution in [2.24, 2.45) is 0 Å². The Balaban J connectivity index is 2.15. The van der Waals surface area contributed by atoms with Crippen LogP contribution in [0.2, 0.25) is 0 Å². The van der Waals surface area contributed by atoms with Crippen LogP contribution in [0.1, 0.15) is 34.5 Å². The second-order valence-electron chi connectivity index (χ2n) is 5.13. The smallest absolute Gasteiger partial charge is 0.251 e. The maximum absolute atomic E-state index is 12.4. The molecule has 0 unspecified atom stereocenters. The highest BCUT2D eigenvalue weighted by molar-refractivity contribution is 5.94. The predicted octanol–water partition coefficient (Wildman–Crippen LogP) is 3.91. The number of nitrogens with one attached hydrogen (secondary N) is 1. The summed E-state index contributed by atoms with van der Waals surface area (Å²) in [6.07, 6.45) is 2.46. The number of carbonyl (C=O) groups is 1. The van der Waals surface area contributed by atoms with Crippen LogP contribution in [-0.4, -0.2) is 13.0 Å². The largest absolute Gasteiger partial charge is 0.496 e. The van der Waals surface area contributed by atoms with Crippen molar-refractivity contribution >= 4 is 5.91 Å². The van der Waals surface area contributed by atoms with Crippen LogP contribution in [0.4, 0.5) is 0 Å². The van der Waals surface area contributed by atoms with Crippen LogP contribution in [0, 0.1) is 0 Å². The van der Waals surface area contributed by atoms with Gasteiger partial charge in [-0.1, -0.05) is 36.4 Å². The fourth-order valence-corrected chi connectivity index (χ4v) is 2.34. The summed E-state index contributed by atoms with van der Waals surface area (Å²) < 4.78 is 5.30. The van der Waals surface area contributed by atoms with Crippen molar-refractivity contribution in [3.8, 4) is 5.75 Å². The van der Waals surface area contributed by atoms with Crippen molar-refractivity contribution in [1.29, 1.82) is 0 Å². The lowest BCUT2D eigenvalue weighted by Crippen LogP contribution is -2.26. The van der Waals surface area contributed by atoms with E-state index in [1.54, 1.807) is 19.3 Å². The summed E-state index contributed by atoms with van der Waals surface area (Å²) in [6, 6.07) is 15.3. The van der Waals surface area contributed by atoms with Crippen molar-refractivity contribution in [1.82, 2.24) is 5.32 Å². The third kappa shape index (κ3) is 3.76. The molecule has 0 spiro atoms. The van der Waals surface area contributed by atoms with Crippen LogP contribution in [-0.2, 0) is 6.42 Å². The van der Waals surface area contributed by atoms with Crippen molar-refractivity contribution in [3.05, 3.63) is 77.9 Å². The molecule has 3 nitrogen and oxygen atoms in total. The molecule has 1 N–H and O–H groups in total. The molecule has 2 rings (SSSR count). The Morgan fingerprint density at radius 1 is 1.27 bits per heavy atom. The van der Waals surface area contributed by atoms with Gasteiger partial charge in [-0.3, -0.25) is 4.79 Å². The fourth-order valence-electron chi connectivity index (χ4n) is 2.34. The first kappa shape index (κ1) is 15.8. The number of benzene rings is 2. The zero-order chi connectivity index (χ0) is 15.9. The summed E-state index contributed by atoms with van der Waals surface area (Å²) >= 11 is 0. The Bertz CT molecular complexity index is 650. The van der Waals surface area contributed by atoms with Crippen LogP contribution in [0.3, 0.4) is 0 Å². The number of methoxy groups -OCH3 is 1. The van der Waals surface area contributed by atoms with Gasteiger partial charge < -0.3 is 10.1 Å². The summed E-state index contributed by atoms with van der Waals surface area (Å²) in [6.45, 7) is 5.71. The summed E-state index contributed by atoms with van der Waals surface area (Å²) in [4.78, 5) is 12.4. The molecule has 0 saturated carbocycles. The Morgan fingerprint density at radius 3 is 2.64 bits per heavy atom. The molecule has 22 heavy (non-hydrogen) atoms. The SMILES string of the molecule is C=CCc1cc(C(=O)N[C@@H](C)c2ccccc2)ccc1OC. The summed E-state index contributed by atoms with van der Waals surface area (Å²) in [5, 5.41) is 3.01. The number of allylic oxidation sites excluding steroid dienone is 1. The molecule has 1 atom stereocenters. The van der Waals surface area contributed by atoms with Gasteiger partial charge in [-0.2, -0.15) is 0 Å². The second-order valence-corrected chi connectivity index (χ2v) is 5.13. The van der Waals surface area contributed by atoms with Crippen molar-refractivity contribution in [3.63, 3.8) is 0 Å². The van der Waals surface area contributed by atoms with E-state index in [4.69, 9.17) is 4.74 Å². The van der Waals surface area contributed by atoms with Crippen molar-refractivity contribution in [2.45, 2.75) is 19.4 Å². The minimum Gasteiger partial charge on any atom is -0.496 e. The minimum absolute atomic E-state index is 0.0429. The van der Waals surface area contributed by atoms with Crippen LogP contribution in [0.5, 0.6) is 5.75 Å². The summed E-state index contributed by atoms with van der Waals surface area (Å²) in [7, 11) is 1.62. The van der Waals surface area contributed by atoms with Gasteiger partial charge in [-0.15, -0.1) is 6.58 Å². The molecule has 0 aliphatic heterocycles. The van der Waals surface area contributed by atoms with E-state index in [9.17, 15) is 4.79 Å². The van der Waals surface area contributed by atoms with Gasteiger partial charge in [0.2, 0.25) is 0 Å². The van der Waals surface area contributed by atoms with Crippen LogP contribution in [0.25, 0.3) is 0 Å². The molecule has 0 radical (unpaired) electrons. The lowest BCUT2D eigenvalue weighted by Gasteiger charge is -2.15. The zero-order valence-electron chi connectivity index (χ0n) is 13.0. The van der Waals surface area contributed by atoms with Crippen molar-refractivity contribution in [2.75, 3.05) is 7.11 Å². The van der Waals surface area contributed by atoms with E-state index in [1.165, 1.54) is 0 Å². The van der Waals surface area contributed by atoms with E-state index in [0.717, 1.165) is 16.9 Å². The molecule has 114 valence electrons. The average molecular weight is 295 g/mol. The van der Waals surface area contributed by atoms with Crippen LogP contribution >= 0.6 is 0 Å². The Morgan fingerprint density at radius 2 is 2.00 bits per heavy atom. The zero-order valence-corrected chi connectivity index (χ0v) is 13.0. The first-order valence-electron chi connectivity index (χ1n) is 7.29. The molecule has 0 bridgehead atoms. The molecule has 0 aliphatic carbocycles. The predicted molar refractivity (Wildman–Crippen MR) is 89.2 cm³/mol. The van der Waals surface area contributed by atoms with Gasteiger partial charge in [0.1, 0.15) is 5.75 Å². The van der Waals surface area contributed by atoms with Crippen LogP contribution < -0.4 is 10.1 Å². The Kier molecular flexibility index (Phi) is 5.37. The standard InChI is InChI=1S/C19H21NO2/c1-4-8-16-13-17(11-12-18(16)22-3)19(21)20-14(2)15-9-6-5-7-10-15/h4-7,9-14H,1,8H2,2-3H3,(H,20,21)/t14-/m0/s1. The highest BCUT2D eigenvalue weighted by Crippen LogP contribution is 2.21. The quantitative estimate of drug-likeness (QED) is 0.820. The van der Waals surface area contributed by atoms with E-state index in [2.05, 4.69) is 11.9 Å². The van der Waals surface area contributed by atoms with E-state index >= 15 is 0 Å². The highest BCUT2D eigenvalue weighted by Gasteiger charge is 2.13. The molecule has 0 saturated heterocycles. The first-order chi connectivity index (χ1) is 10.7. The molecule has 0 fully saturated rings. The minimum atomic E-state index is -0.0932. The Labute approximate surface area is 131 Å². The molecule has 0 aliphatic rings. The van der Waals surface area contributed by atoms with Gasteiger partial charge in [0.05, 0.1) is 13.2 Å². The second kappa shape index (κ2) is 7.46. The number of hydrogen-bond acceptors (Lipinski definition) is 2. The number of hydrogen-bond donors (Lipinski definition) is 1. The monoisotopic (exact) mass is 295 g/mol. The van der Waals surface area contributed by atoms with E-state index in [1.807, 2.05) is 49.4 Å². The fraction of sp³-hybridized carbons (Fsp3) is 0.211. The topological polar surface area (TPSA) is 38.3 Å². The number of carbonyl (C=O) groups excluding carboxylic acids is 1. The molecule has 2 aromatic carbocycles. The average Bonchev–Trinajstić information content (AvgIpc) is 2.55. The van der Waals surface area contributed by atoms with Gasteiger partial charge in [0.15, 0.2) is 0 Å².